The third-order valence-corrected chi connectivity index (χ3v) is 9.17. The highest BCUT2D eigenvalue weighted by atomic mass is 16.5. The number of hydrogen-bond donors (Lipinski definition) is 3. The molecule has 8 nitrogen and oxygen atoms in total. The van der Waals surface area contributed by atoms with E-state index in [2.05, 4.69) is 45.0 Å². The quantitative estimate of drug-likeness (QED) is 0.117. The van der Waals surface area contributed by atoms with Gasteiger partial charge in [0.05, 0.1) is 33.0 Å². The van der Waals surface area contributed by atoms with E-state index < -0.39 is 10.8 Å². The third-order valence-electron chi connectivity index (χ3n) is 9.17. The number of phenols is 3. The SMILES string of the molecule is COCc1cc(C(C)(c2ccc(C(C)(C)c3cc(COC)c(O)c(COC)c3)cc2)c2cc(COC)c(O)c(COC)c2)ccc1O. The summed E-state index contributed by atoms with van der Waals surface area (Å²) in [7, 11) is 8.02. The average Bonchev–Trinajstić information content (AvgIpc) is 3.05. The van der Waals surface area contributed by atoms with E-state index in [0.29, 0.717) is 27.8 Å². The number of methoxy groups -OCH3 is 5. The minimum absolute atomic E-state index is 0.150. The van der Waals surface area contributed by atoms with E-state index in [0.717, 1.165) is 27.8 Å². The molecule has 8 heteroatoms. The molecular weight excluding hydrogens is 596 g/mol. The summed E-state index contributed by atoms with van der Waals surface area (Å²) in [6, 6.07) is 22.1. The van der Waals surface area contributed by atoms with E-state index >= 15 is 0 Å². The number of phenolic OH excluding ortho intramolecular Hbond substituents is 3. The molecule has 0 aromatic heterocycles. The summed E-state index contributed by atoms with van der Waals surface area (Å²) < 4.78 is 27.1. The van der Waals surface area contributed by atoms with Gasteiger partial charge in [-0.2, -0.15) is 0 Å². The molecule has 0 radical (unpaired) electrons. The molecule has 0 amide bonds. The number of rotatable bonds is 15. The highest BCUT2D eigenvalue weighted by molar-refractivity contribution is 5.57. The van der Waals surface area contributed by atoms with Gasteiger partial charge in [-0.3, -0.25) is 0 Å². The van der Waals surface area contributed by atoms with Crippen LogP contribution in [-0.2, 0) is 67.5 Å². The van der Waals surface area contributed by atoms with E-state index in [1.54, 1.807) is 41.6 Å². The maximum absolute atomic E-state index is 11.0. The fourth-order valence-electron chi connectivity index (χ4n) is 6.29. The van der Waals surface area contributed by atoms with Gasteiger partial charge in [-0.05, 0) is 71.1 Å². The van der Waals surface area contributed by atoms with Crippen LogP contribution in [0.2, 0.25) is 0 Å². The molecule has 0 saturated carbocycles. The Morgan fingerprint density at radius 3 is 1.19 bits per heavy atom. The maximum Gasteiger partial charge on any atom is 0.126 e. The van der Waals surface area contributed by atoms with Crippen molar-refractivity contribution in [2.45, 2.75) is 64.6 Å². The molecule has 3 N–H and O–H groups in total. The molecule has 0 saturated heterocycles. The average molecular weight is 645 g/mol. The second-order valence-electron chi connectivity index (χ2n) is 12.6. The Hall–Kier alpha value is -3.92. The monoisotopic (exact) mass is 644 g/mol. The summed E-state index contributed by atoms with van der Waals surface area (Å²) in [6.45, 7) is 7.74. The van der Waals surface area contributed by atoms with Gasteiger partial charge >= 0.3 is 0 Å². The zero-order chi connectivity index (χ0) is 34.4. The molecule has 1 unspecified atom stereocenters. The van der Waals surface area contributed by atoms with Crippen LogP contribution in [0.15, 0.2) is 66.7 Å². The maximum atomic E-state index is 11.0. The molecule has 4 aromatic carbocycles. The molecule has 0 bridgehead atoms. The van der Waals surface area contributed by atoms with Crippen molar-refractivity contribution in [1.29, 1.82) is 0 Å². The Morgan fingerprint density at radius 1 is 0.426 bits per heavy atom. The molecule has 0 aliphatic carbocycles. The summed E-state index contributed by atoms with van der Waals surface area (Å²) in [5.41, 5.74) is 7.26. The van der Waals surface area contributed by atoms with Crippen LogP contribution >= 0.6 is 0 Å². The normalized spacial score (nSPS) is 13.1. The number of ether oxygens (including phenoxy) is 5. The van der Waals surface area contributed by atoms with Crippen LogP contribution in [0.3, 0.4) is 0 Å². The summed E-state index contributed by atoms with van der Waals surface area (Å²) in [5.74, 6) is 0.503. The van der Waals surface area contributed by atoms with Crippen molar-refractivity contribution >= 4 is 0 Å². The van der Waals surface area contributed by atoms with E-state index in [4.69, 9.17) is 23.7 Å². The lowest BCUT2D eigenvalue weighted by Gasteiger charge is -2.34. The molecule has 0 spiro atoms. The van der Waals surface area contributed by atoms with Gasteiger partial charge in [0.15, 0.2) is 0 Å². The van der Waals surface area contributed by atoms with Crippen molar-refractivity contribution in [3.8, 4) is 17.2 Å². The fourth-order valence-corrected chi connectivity index (χ4v) is 6.29. The number of hydrogen-bond acceptors (Lipinski definition) is 8. The van der Waals surface area contributed by atoms with Crippen LogP contribution in [0.1, 0.15) is 76.4 Å². The molecule has 4 aromatic rings. The zero-order valence-electron chi connectivity index (χ0n) is 28.8. The smallest absolute Gasteiger partial charge is 0.126 e. The van der Waals surface area contributed by atoms with Gasteiger partial charge in [0, 0.05) is 74.2 Å². The lowest BCUT2D eigenvalue weighted by molar-refractivity contribution is 0.174. The minimum Gasteiger partial charge on any atom is -0.508 e. The first-order chi connectivity index (χ1) is 22.5. The Balaban J connectivity index is 1.91. The zero-order valence-corrected chi connectivity index (χ0v) is 28.8. The van der Waals surface area contributed by atoms with Crippen LogP contribution in [0.4, 0.5) is 0 Å². The van der Waals surface area contributed by atoms with Gasteiger partial charge in [0.1, 0.15) is 17.2 Å². The fraction of sp³-hybridized carbons (Fsp3) is 0.385. The van der Waals surface area contributed by atoms with Gasteiger partial charge in [-0.25, -0.2) is 0 Å². The summed E-state index contributed by atoms with van der Waals surface area (Å²) >= 11 is 0. The van der Waals surface area contributed by atoms with E-state index in [9.17, 15) is 15.3 Å². The van der Waals surface area contributed by atoms with Gasteiger partial charge in [0.25, 0.3) is 0 Å². The predicted molar refractivity (Wildman–Crippen MR) is 182 cm³/mol. The van der Waals surface area contributed by atoms with Crippen molar-refractivity contribution in [1.82, 2.24) is 0 Å². The first-order valence-electron chi connectivity index (χ1n) is 15.5. The highest BCUT2D eigenvalue weighted by Gasteiger charge is 2.34. The molecule has 252 valence electrons. The topological polar surface area (TPSA) is 107 Å². The Bertz CT molecular complexity index is 1610. The summed E-state index contributed by atoms with van der Waals surface area (Å²) in [4.78, 5) is 0. The number of benzene rings is 4. The van der Waals surface area contributed by atoms with Crippen molar-refractivity contribution in [2.24, 2.45) is 0 Å². The van der Waals surface area contributed by atoms with E-state index in [1.807, 2.05) is 36.4 Å². The second-order valence-corrected chi connectivity index (χ2v) is 12.6. The van der Waals surface area contributed by atoms with Crippen molar-refractivity contribution in [2.75, 3.05) is 35.5 Å². The first kappa shape index (κ1) is 35.9. The Kier molecular flexibility index (Phi) is 11.7. The lowest BCUT2D eigenvalue weighted by Crippen LogP contribution is -2.27. The molecule has 1 atom stereocenters. The lowest BCUT2D eigenvalue weighted by atomic mass is 9.69. The van der Waals surface area contributed by atoms with Gasteiger partial charge in [-0.15, -0.1) is 0 Å². The Labute approximate surface area is 278 Å². The second kappa shape index (κ2) is 15.3. The summed E-state index contributed by atoms with van der Waals surface area (Å²) in [5, 5.41) is 32.5. The predicted octanol–water partition coefficient (Wildman–Crippen LogP) is 7.22. The molecular formula is C39H48O8. The van der Waals surface area contributed by atoms with Crippen LogP contribution in [0.5, 0.6) is 17.2 Å². The minimum atomic E-state index is -0.715. The molecule has 47 heavy (non-hydrogen) atoms. The first-order valence-corrected chi connectivity index (χ1v) is 15.5. The van der Waals surface area contributed by atoms with E-state index in [1.165, 1.54) is 0 Å². The third kappa shape index (κ3) is 7.32. The highest BCUT2D eigenvalue weighted by Crippen LogP contribution is 2.44. The molecule has 0 heterocycles. The molecule has 0 fully saturated rings. The molecule has 4 rings (SSSR count). The van der Waals surface area contributed by atoms with Gasteiger partial charge < -0.3 is 39.0 Å². The van der Waals surface area contributed by atoms with Crippen molar-refractivity contribution in [3.05, 3.63) is 122 Å². The van der Waals surface area contributed by atoms with Crippen LogP contribution in [-0.4, -0.2) is 50.9 Å². The standard InChI is InChI=1S/C39H48O8/c1-38(2,33-16-26(21-44-5)36(41)27(17-33)22-45-6)30-9-11-31(12-10-30)39(3,32-13-14-35(40)25(15-32)20-43-4)34-18-28(23-46-7)37(42)29(19-34)24-47-8/h9-19,40-42H,20-24H2,1-8H3. The Morgan fingerprint density at radius 2 is 0.766 bits per heavy atom. The van der Waals surface area contributed by atoms with Crippen molar-refractivity contribution < 1.29 is 39.0 Å². The van der Waals surface area contributed by atoms with Crippen molar-refractivity contribution in [3.63, 3.8) is 0 Å². The van der Waals surface area contributed by atoms with Crippen LogP contribution < -0.4 is 0 Å². The van der Waals surface area contributed by atoms with Crippen LogP contribution in [0.25, 0.3) is 0 Å². The van der Waals surface area contributed by atoms with E-state index in [-0.39, 0.29) is 50.3 Å². The molecule has 0 aliphatic rings. The van der Waals surface area contributed by atoms with Crippen LogP contribution in [0, 0.1) is 0 Å². The summed E-state index contributed by atoms with van der Waals surface area (Å²) in [6.07, 6.45) is 0. The largest absolute Gasteiger partial charge is 0.508 e. The molecule has 0 aliphatic heterocycles. The van der Waals surface area contributed by atoms with Gasteiger partial charge in [-0.1, -0.05) is 44.2 Å². The van der Waals surface area contributed by atoms with Gasteiger partial charge in [0.2, 0.25) is 0 Å². The number of aromatic hydroxyl groups is 3.